The molecule has 6 nitrogen and oxygen atoms in total. The topological polar surface area (TPSA) is 68.1 Å². The van der Waals surface area contributed by atoms with Crippen LogP contribution in [-0.2, 0) is 6.18 Å². The third kappa shape index (κ3) is 5.94. The van der Waals surface area contributed by atoms with Crippen LogP contribution in [0.25, 0.3) is 0 Å². The lowest BCUT2D eigenvalue weighted by molar-refractivity contribution is -0.137. The van der Waals surface area contributed by atoms with E-state index in [1.807, 2.05) is 25.1 Å². The first kappa shape index (κ1) is 22.9. The summed E-state index contributed by atoms with van der Waals surface area (Å²) in [7, 11) is 0. The Hall–Kier alpha value is -3.29. The fourth-order valence-corrected chi connectivity index (χ4v) is 4.27. The van der Waals surface area contributed by atoms with Crippen LogP contribution in [0, 0.1) is 18.3 Å². The molecule has 0 aliphatic carbocycles. The summed E-state index contributed by atoms with van der Waals surface area (Å²) in [6.07, 6.45) is -4.32. The van der Waals surface area contributed by atoms with E-state index in [4.69, 9.17) is 5.26 Å². The van der Waals surface area contributed by atoms with Crippen molar-refractivity contribution in [3.05, 3.63) is 71.4 Å². The van der Waals surface area contributed by atoms with Gasteiger partial charge in [-0.15, -0.1) is 0 Å². The summed E-state index contributed by atoms with van der Waals surface area (Å²) < 4.78 is 40.4. The number of nitrogens with zero attached hydrogens (tertiary/aromatic N) is 5. The molecule has 1 fully saturated rings. The second-order valence-corrected chi connectivity index (χ2v) is 8.71. The first-order chi connectivity index (χ1) is 15.8. The van der Waals surface area contributed by atoms with Crippen LogP contribution in [0.15, 0.2) is 59.5 Å². The van der Waals surface area contributed by atoms with Crippen molar-refractivity contribution in [1.29, 1.82) is 5.26 Å². The van der Waals surface area contributed by atoms with E-state index in [0.717, 1.165) is 41.5 Å². The summed E-state index contributed by atoms with van der Waals surface area (Å²) in [5.41, 5.74) is 1.61. The number of anilines is 3. The number of hydrogen-bond donors (Lipinski definition) is 1. The average molecular weight is 471 g/mol. The molecule has 0 unspecified atom stereocenters. The van der Waals surface area contributed by atoms with Gasteiger partial charge in [-0.2, -0.15) is 23.4 Å². The Kier molecular flexibility index (Phi) is 6.72. The molecular weight excluding hydrogens is 449 g/mol. The smallest absolute Gasteiger partial charge is 0.340 e. The fourth-order valence-electron chi connectivity index (χ4n) is 3.37. The van der Waals surface area contributed by atoms with Gasteiger partial charge in [0.05, 0.1) is 17.2 Å². The fraction of sp³-hybridized carbons (Fsp3) is 0.261. The molecule has 0 amide bonds. The van der Waals surface area contributed by atoms with Crippen LogP contribution < -0.4 is 10.2 Å². The van der Waals surface area contributed by atoms with Crippen molar-refractivity contribution in [3.63, 3.8) is 0 Å². The number of nitriles is 1. The van der Waals surface area contributed by atoms with E-state index in [0.29, 0.717) is 30.4 Å². The van der Waals surface area contributed by atoms with Crippen molar-refractivity contribution in [2.45, 2.75) is 18.0 Å². The van der Waals surface area contributed by atoms with Crippen molar-refractivity contribution in [2.75, 3.05) is 36.4 Å². The van der Waals surface area contributed by atoms with Gasteiger partial charge < -0.3 is 10.2 Å². The number of piperazine rings is 1. The van der Waals surface area contributed by atoms with Gasteiger partial charge in [-0.25, -0.2) is 9.29 Å². The van der Waals surface area contributed by atoms with Gasteiger partial charge in [-0.1, -0.05) is 0 Å². The zero-order valence-electron chi connectivity index (χ0n) is 17.8. The molecule has 0 radical (unpaired) electrons. The van der Waals surface area contributed by atoms with Crippen LogP contribution >= 0.6 is 11.9 Å². The van der Waals surface area contributed by atoms with Gasteiger partial charge in [0.25, 0.3) is 0 Å². The van der Waals surface area contributed by atoms with Gasteiger partial charge in [-0.3, -0.25) is 0 Å². The molecule has 33 heavy (non-hydrogen) atoms. The van der Waals surface area contributed by atoms with Gasteiger partial charge in [0.15, 0.2) is 0 Å². The predicted molar refractivity (Wildman–Crippen MR) is 122 cm³/mol. The molecule has 3 aromatic rings. The Morgan fingerprint density at radius 3 is 2.24 bits per heavy atom. The summed E-state index contributed by atoms with van der Waals surface area (Å²) in [5.74, 6) is 1.30. The van der Waals surface area contributed by atoms with Gasteiger partial charge in [0.2, 0.25) is 5.95 Å². The molecule has 0 spiro atoms. The maximum Gasteiger partial charge on any atom is 0.416 e. The summed E-state index contributed by atoms with van der Waals surface area (Å²) in [6, 6.07) is 16.3. The number of aromatic nitrogens is 2. The molecule has 0 atom stereocenters. The molecule has 1 aliphatic rings. The molecule has 10 heteroatoms. The van der Waals surface area contributed by atoms with Crippen molar-refractivity contribution in [2.24, 2.45) is 0 Å². The van der Waals surface area contributed by atoms with Gasteiger partial charge in [0, 0.05) is 48.5 Å². The minimum absolute atomic E-state index is 0.590. The number of nitrogens with one attached hydrogen (secondary N) is 1. The number of hydrogen-bond acceptors (Lipinski definition) is 7. The van der Waals surface area contributed by atoms with Crippen molar-refractivity contribution >= 4 is 29.4 Å². The minimum atomic E-state index is -4.32. The molecule has 4 rings (SSSR count). The Bertz CT molecular complexity index is 1130. The van der Waals surface area contributed by atoms with Crippen LogP contribution in [0.1, 0.15) is 16.8 Å². The highest BCUT2D eigenvalue weighted by atomic mass is 32.2. The zero-order chi connectivity index (χ0) is 23.4. The quantitative estimate of drug-likeness (QED) is 0.511. The third-order valence-corrected chi connectivity index (χ3v) is 6.17. The summed E-state index contributed by atoms with van der Waals surface area (Å²) in [5, 5.41) is 12.2. The molecule has 2 heterocycles. The normalized spacial score (nSPS) is 14.7. The Morgan fingerprint density at radius 1 is 0.970 bits per heavy atom. The molecular formula is C23H21F3N6S. The first-order valence-electron chi connectivity index (χ1n) is 10.3. The van der Waals surface area contributed by atoms with Crippen LogP contribution in [0.2, 0.25) is 0 Å². The predicted octanol–water partition coefficient (Wildman–Crippen LogP) is 5.25. The maximum absolute atomic E-state index is 12.7. The number of benzene rings is 2. The van der Waals surface area contributed by atoms with Crippen LogP contribution in [-0.4, -0.2) is 40.5 Å². The molecule has 170 valence electrons. The van der Waals surface area contributed by atoms with Crippen molar-refractivity contribution in [3.8, 4) is 6.07 Å². The SMILES string of the molecule is Cc1cc(Nc2ccc(C#N)cc2)nc(N2CCN(Sc3ccc(C(F)(F)F)cc3)CC2)n1. The highest BCUT2D eigenvalue weighted by molar-refractivity contribution is 7.97. The molecule has 0 saturated carbocycles. The van der Waals surface area contributed by atoms with E-state index in [1.54, 1.807) is 12.1 Å². The van der Waals surface area contributed by atoms with Crippen LogP contribution in [0.5, 0.6) is 0 Å². The minimum Gasteiger partial charge on any atom is -0.340 e. The number of alkyl halides is 3. The molecule has 0 bridgehead atoms. The maximum atomic E-state index is 12.7. The number of halogens is 3. The van der Waals surface area contributed by atoms with Crippen LogP contribution in [0.3, 0.4) is 0 Å². The zero-order valence-corrected chi connectivity index (χ0v) is 18.6. The molecule has 1 N–H and O–H groups in total. The van der Waals surface area contributed by atoms with E-state index in [1.165, 1.54) is 24.1 Å². The standard InChI is InChI=1S/C23H21F3N6S/c1-16-14-21(29-19-6-2-17(15-27)3-7-19)30-22(28-16)31-10-12-32(13-11-31)33-20-8-4-18(5-9-20)23(24,25)26/h2-9,14H,10-13H2,1H3,(H,28,29,30). The summed E-state index contributed by atoms with van der Waals surface area (Å²) in [4.78, 5) is 12.1. The van der Waals surface area contributed by atoms with E-state index >= 15 is 0 Å². The average Bonchev–Trinajstić information content (AvgIpc) is 2.79. The lowest BCUT2D eigenvalue weighted by atomic mass is 10.2. The lowest BCUT2D eigenvalue weighted by Crippen LogP contribution is -2.44. The van der Waals surface area contributed by atoms with E-state index < -0.39 is 11.7 Å². The van der Waals surface area contributed by atoms with Crippen molar-refractivity contribution < 1.29 is 13.2 Å². The Labute approximate surface area is 194 Å². The molecule has 1 aromatic heterocycles. The monoisotopic (exact) mass is 470 g/mol. The Morgan fingerprint density at radius 2 is 1.64 bits per heavy atom. The molecule has 1 saturated heterocycles. The second kappa shape index (κ2) is 9.68. The largest absolute Gasteiger partial charge is 0.416 e. The van der Waals surface area contributed by atoms with E-state index in [2.05, 4.69) is 30.6 Å². The number of aryl methyl sites for hydroxylation is 1. The van der Waals surface area contributed by atoms with E-state index in [9.17, 15) is 13.2 Å². The highest BCUT2D eigenvalue weighted by Gasteiger charge is 2.30. The lowest BCUT2D eigenvalue weighted by Gasteiger charge is -2.34. The second-order valence-electron chi connectivity index (χ2n) is 7.54. The summed E-state index contributed by atoms with van der Waals surface area (Å²) in [6.45, 7) is 4.76. The van der Waals surface area contributed by atoms with Gasteiger partial charge in [0.1, 0.15) is 5.82 Å². The van der Waals surface area contributed by atoms with Crippen LogP contribution in [0.4, 0.5) is 30.6 Å². The molecule has 2 aromatic carbocycles. The first-order valence-corrected chi connectivity index (χ1v) is 11.1. The van der Waals surface area contributed by atoms with Gasteiger partial charge in [-0.05, 0) is 67.4 Å². The van der Waals surface area contributed by atoms with Gasteiger partial charge >= 0.3 is 6.18 Å². The third-order valence-electron chi connectivity index (χ3n) is 5.07. The molecule has 1 aliphatic heterocycles. The summed E-state index contributed by atoms with van der Waals surface area (Å²) >= 11 is 1.46. The Balaban J connectivity index is 1.36. The van der Waals surface area contributed by atoms with Crippen molar-refractivity contribution in [1.82, 2.24) is 14.3 Å². The van der Waals surface area contributed by atoms with E-state index in [-0.39, 0.29) is 0 Å². The number of rotatable bonds is 5. The highest BCUT2D eigenvalue weighted by Crippen LogP contribution is 2.32.